The molecule has 0 N–H and O–H groups in total. The first-order valence-corrected chi connectivity index (χ1v) is 6.28. The Hall–Kier alpha value is -2.62. The van der Waals surface area contributed by atoms with E-state index in [9.17, 15) is 4.79 Å². The average molecular weight is 267 g/mol. The van der Waals surface area contributed by atoms with E-state index in [0.717, 1.165) is 16.9 Å². The van der Waals surface area contributed by atoms with Crippen LogP contribution in [0.2, 0.25) is 0 Å². The third-order valence-electron chi connectivity index (χ3n) is 2.93. The second-order valence-corrected chi connectivity index (χ2v) is 4.65. The largest absolute Gasteiger partial charge is 0.462 e. The molecule has 0 unspecified atom stereocenters. The van der Waals surface area contributed by atoms with Crippen LogP contribution in [-0.4, -0.2) is 11.9 Å². The number of rotatable bonds is 2. The Morgan fingerprint density at radius 2 is 2.00 bits per heavy atom. The summed E-state index contributed by atoms with van der Waals surface area (Å²) in [6.45, 7) is 3.82. The van der Waals surface area contributed by atoms with Gasteiger partial charge in [0.05, 0.1) is 0 Å². The number of carbonyl (C=O) groups excluding carboxylic acids is 1. The summed E-state index contributed by atoms with van der Waals surface area (Å²) < 4.78 is 10.6. The van der Waals surface area contributed by atoms with Gasteiger partial charge >= 0.3 is 5.97 Å². The van der Waals surface area contributed by atoms with Crippen LogP contribution >= 0.6 is 0 Å². The number of esters is 1. The van der Waals surface area contributed by atoms with Gasteiger partial charge < -0.3 is 9.15 Å². The minimum Gasteiger partial charge on any atom is -0.462 e. The molecule has 1 aromatic carbocycles. The number of hydrogen-bond acceptors (Lipinski definition) is 4. The maximum absolute atomic E-state index is 11.8. The molecule has 0 spiro atoms. The van der Waals surface area contributed by atoms with Crippen LogP contribution < -0.4 is 0 Å². The monoisotopic (exact) mass is 267 g/mol. The van der Waals surface area contributed by atoms with Gasteiger partial charge in [-0.25, -0.2) is 9.79 Å². The number of aryl methyl sites for hydroxylation is 2. The maximum atomic E-state index is 11.8. The van der Waals surface area contributed by atoms with E-state index >= 15 is 0 Å². The van der Waals surface area contributed by atoms with Crippen molar-refractivity contribution < 1.29 is 13.9 Å². The Morgan fingerprint density at radius 3 is 2.70 bits per heavy atom. The quantitative estimate of drug-likeness (QED) is 0.620. The molecule has 100 valence electrons. The van der Waals surface area contributed by atoms with Crippen LogP contribution in [0.15, 0.2) is 51.5 Å². The predicted octanol–water partition coefficient (Wildman–Crippen LogP) is 3.24. The van der Waals surface area contributed by atoms with Gasteiger partial charge in [0, 0.05) is 11.6 Å². The lowest BCUT2D eigenvalue weighted by atomic mass is 10.1. The number of hydrogen-bond donors (Lipinski definition) is 0. The molecule has 0 radical (unpaired) electrons. The maximum Gasteiger partial charge on any atom is 0.363 e. The Bertz CT molecular complexity index is 738. The molecular formula is C16H13NO3. The molecule has 3 rings (SSSR count). The zero-order chi connectivity index (χ0) is 14.1. The predicted molar refractivity (Wildman–Crippen MR) is 75.2 cm³/mol. The smallest absolute Gasteiger partial charge is 0.363 e. The van der Waals surface area contributed by atoms with Crippen LogP contribution in [0.25, 0.3) is 6.08 Å². The highest BCUT2D eigenvalue weighted by Crippen LogP contribution is 2.20. The molecule has 0 amide bonds. The van der Waals surface area contributed by atoms with Gasteiger partial charge in [0.15, 0.2) is 5.70 Å². The molecule has 2 aromatic rings. The molecule has 1 aliphatic rings. The Kier molecular flexibility index (Phi) is 2.99. The van der Waals surface area contributed by atoms with Crippen molar-refractivity contribution in [3.8, 4) is 0 Å². The van der Waals surface area contributed by atoms with E-state index in [2.05, 4.69) is 4.99 Å². The fourth-order valence-corrected chi connectivity index (χ4v) is 1.98. The van der Waals surface area contributed by atoms with E-state index in [1.54, 1.807) is 12.1 Å². The number of nitrogens with zero attached hydrogens (tertiary/aromatic N) is 1. The summed E-state index contributed by atoms with van der Waals surface area (Å²) >= 11 is 0. The molecule has 4 nitrogen and oxygen atoms in total. The molecule has 0 saturated carbocycles. The Balaban J connectivity index is 1.94. The van der Waals surface area contributed by atoms with Crippen LogP contribution in [0, 0.1) is 13.8 Å². The lowest BCUT2D eigenvalue weighted by molar-refractivity contribution is -0.129. The van der Waals surface area contributed by atoms with Gasteiger partial charge in [-0.15, -0.1) is 0 Å². The standard InChI is InChI=1S/C16H13NO3/c1-10-4-3-5-12(8-10)15-17-14(16(18)20-15)9-13-7-6-11(2)19-13/h3-9H,1-2H3/b14-9-. The van der Waals surface area contributed by atoms with Crippen molar-refractivity contribution in [1.29, 1.82) is 0 Å². The summed E-state index contributed by atoms with van der Waals surface area (Å²) in [6.07, 6.45) is 1.58. The van der Waals surface area contributed by atoms with E-state index < -0.39 is 5.97 Å². The highest BCUT2D eigenvalue weighted by molar-refractivity contribution is 6.12. The summed E-state index contributed by atoms with van der Waals surface area (Å²) in [5, 5.41) is 0. The fourth-order valence-electron chi connectivity index (χ4n) is 1.98. The second-order valence-electron chi connectivity index (χ2n) is 4.65. The van der Waals surface area contributed by atoms with Gasteiger partial charge in [-0.3, -0.25) is 0 Å². The van der Waals surface area contributed by atoms with Crippen LogP contribution in [0.3, 0.4) is 0 Å². The van der Waals surface area contributed by atoms with E-state index in [-0.39, 0.29) is 5.70 Å². The number of aliphatic imine (C=N–C) groups is 1. The lowest BCUT2D eigenvalue weighted by Gasteiger charge is -1.99. The first kappa shape index (κ1) is 12.4. The van der Waals surface area contributed by atoms with Gasteiger partial charge in [0.1, 0.15) is 11.5 Å². The minimum atomic E-state index is -0.462. The average Bonchev–Trinajstić information content (AvgIpc) is 2.97. The van der Waals surface area contributed by atoms with Crippen molar-refractivity contribution in [3.63, 3.8) is 0 Å². The SMILES string of the molecule is Cc1cccc(C2=N/C(=C\c3ccc(C)o3)C(=O)O2)c1. The van der Waals surface area contributed by atoms with E-state index in [1.165, 1.54) is 0 Å². The summed E-state index contributed by atoms with van der Waals surface area (Å²) in [4.78, 5) is 16.0. The van der Waals surface area contributed by atoms with E-state index in [4.69, 9.17) is 9.15 Å². The fraction of sp³-hybridized carbons (Fsp3) is 0.125. The van der Waals surface area contributed by atoms with Crippen molar-refractivity contribution in [1.82, 2.24) is 0 Å². The van der Waals surface area contributed by atoms with Gasteiger partial charge in [-0.05, 0) is 38.1 Å². The molecule has 2 heterocycles. The third-order valence-corrected chi connectivity index (χ3v) is 2.93. The highest BCUT2D eigenvalue weighted by Gasteiger charge is 2.24. The summed E-state index contributed by atoms with van der Waals surface area (Å²) in [5.41, 5.74) is 2.12. The van der Waals surface area contributed by atoms with Gasteiger partial charge in [-0.1, -0.05) is 17.7 Å². The molecule has 0 aliphatic carbocycles. The Labute approximate surface area is 116 Å². The zero-order valence-corrected chi connectivity index (χ0v) is 11.2. The summed E-state index contributed by atoms with van der Waals surface area (Å²) in [5.74, 6) is 1.23. The molecule has 1 aliphatic heterocycles. The number of ether oxygens (including phenoxy) is 1. The van der Waals surface area contributed by atoms with Crippen molar-refractivity contribution in [3.05, 3.63) is 64.7 Å². The van der Waals surface area contributed by atoms with Crippen molar-refractivity contribution >= 4 is 17.9 Å². The number of benzene rings is 1. The van der Waals surface area contributed by atoms with Crippen molar-refractivity contribution in [2.45, 2.75) is 13.8 Å². The van der Waals surface area contributed by atoms with Gasteiger partial charge in [-0.2, -0.15) is 0 Å². The van der Waals surface area contributed by atoms with Crippen LogP contribution in [-0.2, 0) is 9.53 Å². The van der Waals surface area contributed by atoms with Crippen molar-refractivity contribution in [2.24, 2.45) is 4.99 Å². The number of cyclic esters (lactones) is 1. The second kappa shape index (κ2) is 4.81. The molecule has 0 saturated heterocycles. The number of carbonyl (C=O) groups is 1. The zero-order valence-electron chi connectivity index (χ0n) is 11.2. The van der Waals surface area contributed by atoms with E-state index in [0.29, 0.717) is 11.7 Å². The lowest BCUT2D eigenvalue weighted by Crippen LogP contribution is -2.05. The first-order valence-electron chi connectivity index (χ1n) is 6.28. The topological polar surface area (TPSA) is 51.8 Å². The molecule has 20 heavy (non-hydrogen) atoms. The van der Waals surface area contributed by atoms with Gasteiger partial charge in [0.2, 0.25) is 5.90 Å². The highest BCUT2D eigenvalue weighted by atomic mass is 16.6. The molecule has 4 heteroatoms. The van der Waals surface area contributed by atoms with Crippen LogP contribution in [0.1, 0.15) is 22.6 Å². The van der Waals surface area contributed by atoms with Crippen LogP contribution in [0.5, 0.6) is 0 Å². The Morgan fingerprint density at radius 1 is 1.15 bits per heavy atom. The molecule has 0 bridgehead atoms. The molecule has 0 fully saturated rings. The van der Waals surface area contributed by atoms with Crippen molar-refractivity contribution in [2.75, 3.05) is 0 Å². The van der Waals surface area contributed by atoms with E-state index in [1.807, 2.05) is 44.2 Å². The first-order chi connectivity index (χ1) is 9.61. The molecular weight excluding hydrogens is 254 g/mol. The van der Waals surface area contributed by atoms with Gasteiger partial charge in [0.25, 0.3) is 0 Å². The number of furan rings is 1. The summed E-state index contributed by atoms with van der Waals surface area (Å²) in [7, 11) is 0. The molecule has 1 aromatic heterocycles. The van der Waals surface area contributed by atoms with Crippen LogP contribution in [0.4, 0.5) is 0 Å². The minimum absolute atomic E-state index is 0.246. The normalized spacial score (nSPS) is 16.4. The molecule has 0 atom stereocenters. The third kappa shape index (κ3) is 2.40. The summed E-state index contributed by atoms with van der Waals surface area (Å²) in [6, 6.07) is 11.3.